The Bertz CT molecular complexity index is 515. The van der Waals surface area contributed by atoms with Gasteiger partial charge in [0, 0.05) is 5.02 Å². The van der Waals surface area contributed by atoms with Crippen LogP contribution in [0.4, 0.5) is 14.5 Å². The molecule has 1 aromatic carbocycles. The van der Waals surface area contributed by atoms with Crippen LogP contribution in [0.1, 0.15) is 20.3 Å². The number of hydrogen-bond donors (Lipinski definition) is 2. The summed E-state index contributed by atoms with van der Waals surface area (Å²) in [6.07, 6.45) is 0.471. The molecule has 0 unspecified atom stereocenters. The second-order valence-corrected chi connectivity index (χ2v) is 6.16. The van der Waals surface area contributed by atoms with Gasteiger partial charge in [-0.2, -0.15) is 8.78 Å². The van der Waals surface area contributed by atoms with Crippen LogP contribution in [0.5, 0.6) is 5.75 Å². The number of carbonyl (C=O) groups excluding carboxylic acids is 1. The Morgan fingerprint density at radius 3 is 2.62 bits per heavy atom. The number of amides is 1. The molecule has 0 saturated heterocycles. The molecule has 8 heteroatoms. The zero-order chi connectivity index (χ0) is 16.2. The van der Waals surface area contributed by atoms with Gasteiger partial charge in [-0.05, 0) is 40.4 Å². The minimum atomic E-state index is -3.03. The third-order valence-corrected chi connectivity index (χ3v) is 3.34. The molecule has 0 bridgehead atoms. The van der Waals surface area contributed by atoms with E-state index < -0.39 is 18.6 Å². The lowest BCUT2D eigenvalue weighted by Gasteiger charge is -2.17. The average Bonchev–Trinajstić information content (AvgIpc) is 2.32. The fourth-order valence-corrected chi connectivity index (χ4v) is 2.61. The summed E-state index contributed by atoms with van der Waals surface area (Å²) in [6, 6.07) is 1.97. The molecule has 0 heterocycles. The van der Waals surface area contributed by atoms with Crippen LogP contribution in [0.2, 0.25) is 5.02 Å². The third kappa shape index (κ3) is 5.76. The van der Waals surface area contributed by atoms with E-state index in [2.05, 4.69) is 26.0 Å². The van der Waals surface area contributed by atoms with Crippen LogP contribution in [0.3, 0.4) is 0 Å². The van der Waals surface area contributed by atoms with Gasteiger partial charge in [0.1, 0.15) is 0 Å². The van der Waals surface area contributed by atoms with Crippen molar-refractivity contribution in [2.24, 2.45) is 11.7 Å². The molecule has 0 aliphatic rings. The Morgan fingerprint density at radius 1 is 1.48 bits per heavy atom. The van der Waals surface area contributed by atoms with Crippen molar-refractivity contribution in [3.63, 3.8) is 0 Å². The van der Waals surface area contributed by atoms with Gasteiger partial charge < -0.3 is 15.8 Å². The molecule has 1 amide bonds. The highest BCUT2D eigenvalue weighted by Gasteiger charge is 2.20. The second kappa shape index (κ2) is 7.91. The molecule has 0 fully saturated rings. The zero-order valence-electron chi connectivity index (χ0n) is 11.5. The minimum absolute atomic E-state index is 0.0406. The SMILES string of the molecule is CC(C)C[C@@H](N)C(=O)Nc1cc(Cl)cc(Br)c1OC(F)F. The van der Waals surface area contributed by atoms with Gasteiger partial charge in [-0.3, -0.25) is 4.79 Å². The molecule has 21 heavy (non-hydrogen) atoms. The lowest BCUT2D eigenvalue weighted by atomic mass is 10.0. The first-order valence-corrected chi connectivity index (χ1v) is 7.38. The van der Waals surface area contributed by atoms with Gasteiger partial charge in [0.2, 0.25) is 5.91 Å². The van der Waals surface area contributed by atoms with E-state index in [-0.39, 0.29) is 26.9 Å². The quantitative estimate of drug-likeness (QED) is 0.777. The van der Waals surface area contributed by atoms with Gasteiger partial charge in [0.25, 0.3) is 0 Å². The maximum Gasteiger partial charge on any atom is 0.387 e. The molecule has 0 aliphatic carbocycles. The van der Waals surface area contributed by atoms with Crippen molar-refractivity contribution in [2.45, 2.75) is 32.9 Å². The molecule has 0 aromatic heterocycles. The fourth-order valence-electron chi connectivity index (χ4n) is 1.70. The van der Waals surface area contributed by atoms with Gasteiger partial charge in [-0.25, -0.2) is 0 Å². The van der Waals surface area contributed by atoms with Crippen LogP contribution < -0.4 is 15.8 Å². The number of halogens is 4. The predicted octanol–water partition coefficient (Wildman–Crippen LogP) is 4.02. The number of anilines is 1. The normalized spacial score (nSPS) is 12.6. The Hall–Kier alpha value is -0.920. The van der Waals surface area contributed by atoms with Gasteiger partial charge in [-0.15, -0.1) is 0 Å². The van der Waals surface area contributed by atoms with Crippen LogP contribution >= 0.6 is 27.5 Å². The van der Waals surface area contributed by atoms with Crippen LogP contribution in [-0.4, -0.2) is 18.6 Å². The van der Waals surface area contributed by atoms with Crippen molar-refractivity contribution < 1.29 is 18.3 Å². The highest BCUT2D eigenvalue weighted by molar-refractivity contribution is 9.10. The van der Waals surface area contributed by atoms with E-state index in [0.717, 1.165) is 0 Å². The van der Waals surface area contributed by atoms with Crippen molar-refractivity contribution in [1.82, 2.24) is 0 Å². The number of hydrogen-bond acceptors (Lipinski definition) is 3. The smallest absolute Gasteiger partial charge is 0.387 e. The van der Waals surface area contributed by atoms with E-state index in [4.69, 9.17) is 17.3 Å². The molecule has 0 radical (unpaired) electrons. The van der Waals surface area contributed by atoms with E-state index in [9.17, 15) is 13.6 Å². The summed E-state index contributed by atoms with van der Waals surface area (Å²) in [4.78, 5) is 12.0. The summed E-state index contributed by atoms with van der Waals surface area (Å²) in [7, 11) is 0. The summed E-state index contributed by atoms with van der Waals surface area (Å²) in [5.41, 5.74) is 5.79. The first-order chi connectivity index (χ1) is 9.70. The van der Waals surface area contributed by atoms with Crippen LogP contribution in [0.25, 0.3) is 0 Å². The van der Waals surface area contributed by atoms with E-state index in [1.807, 2.05) is 13.8 Å². The standard InChI is InChI=1S/C13H16BrClF2N2O2/c1-6(2)3-9(18)12(20)19-10-5-7(15)4-8(14)11(10)21-13(16)17/h4-6,9,13H,3,18H2,1-2H3,(H,19,20)/t9-/m1/s1. The Kier molecular flexibility index (Phi) is 6.83. The van der Waals surface area contributed by atoms with Crippen molar-refractivity contribution in [3.05, 3.63) is 21.6 Å². The van der Waals surface area contributed by atoms with Crippen LogP contribution in [0.15, 0.2) is 16.6 Å². The van der Waals surface area contributed by atoms with Crippen LogP contribution in [-0.2, 0) is 4.79 Å². The number of rotatable bonds is 6. The van der Waals surface area contributed by atoms with Crippen LogP contribution in [0, 0.1) is 5.92 Å². The molecule has 1 aromatic rings. The van der Waals surface area contributed by atoms with E-state index in [1.54, 1.807) is 0 Å². The first-order valence-electron chi connectivity index (χ1n) is 6.21. The molecule has 0 saturated carbocycles. The lowest BCUT2D eigenvalue weighted by molar-refractivity contribution is -0.117. The average molecular weight is 386 g/mol. The van der Waals surface area contributed by atoms with Gasteiger partial charge in [0.05, 0.1) is 16.2 Å². The summed E-state index contributed by atoms with van der Waals surface area (Å²) in [6.45, 7) is 0.825. The number of nitrogens with two attached hydrogens (primary N) is 1. The topological polar surface area (TPSA) is 64.4 Å². The van der Waals surface area contributed by atoms with Gasteiger partial charge in [0.15, 0.2) is 5.75 Å². The van der Waals surface area contributed by atoms with E-state index >= 15 is 0 Å². The third-order valence-electron chi connectivity index (χ3n) is 2.54. The maximum absolute atomic E-state index is 12.4. The Morgan fingerprint density at radius 2 is 2.10 bits per heavy atom. The Labute approximate surface area is 135 Å². The number of nitrogens with one attached hydrogen (secondary N) is 1. The van der Waals surface area contributed by atoms with Gasteiger partial charge in [-0.1, -0.05) is 25.4 Å². The number of ether oxygens (including phenoxy) is 1. The molecule has 118 valence electrons. The molecule has 1 rings (SSSR count). The minimum Gasteiger partial charge on any atom is -0.431 e. The van der Waals surface area contributed by atoms with Crippen molar-refractivity contribution in [3.8, 4) is 5.75 Å². The summed E-state index contributed by atoms with van der Waals surface area (Å²) >= 11 is 8.92. The predicted molar refractivity (Wildman–Crippen MR) is 81.8 cm³/mol. The fraction of sp³-hybridized carbons (Fsp3) is 0.462. The maximum atomic E-state index is 12.4. The van der Waals surface area contributed by atoms with Crippen molar-refractivity contribution >= 4 is 39.1 Å². The number of alkyl halides is 2. The lowest BCUT2D eigenvalue weighted by Crippen LogP contribution is -2.36. The summed E-state index contributed by atoms with van der Waals surface area (Å²) in [5.74, 6) is -0.454. The van der Waals surface area contributed by atoms with E-state index in [1.165, 1.54) is 12.1 Å². The first kappa shape index (κ1) is 18.1. The van der Waals surface area contributed by atoms with Crippen molar-refractivity contribution in [1.29, 1.82) is 0 Å². The highest BCUT2D eigenvalue weighted by atomic mass is 79.9. The number of carbonyl (C=O) groups is 1. The summed E-state index contributed by atoms with van der Waals surface area (Å²) in [5, 5.41) is 2.73. The monoisotopic (exact) mass is 384 g/mol. The Balaban J connectivity index is 2.98. The molecule has 4 nitrogen and oxygen atoms in total. The highest BCUT2D eigenvalue weighted by Crippen LogP contribution is 2.37. The van der Waals surface area contributed by atoms with Gasteiger partial charge >= 0.3 is 6.61 Å². The number of benzene rings is 1. The van der Waals surface area contributed by atoms with Crippen molar-refractivity contribution in [2.75, 3.05) is 5.32 Å². The summed E-state index contributed by atoms with van der Waals surface area (Å²) < 4.78 is 29.5. The molecular weight excluding hydrogens is 370 g/mol. The molecule has 3 N–H and O–H groups in total. The second-order valence-electron chi connectivity index (χ2n) is 4.87. The molecule has 0 aliphatic heterocycles. The van der Waals surface area contributed by atoms with E-state index in [0.29, 0.717) is 6.42 Å². The molecular formula is C13H16BrClF2N2O2. The largest absolute Gasteiger partial charge is 0.431 e. The molecule has 0 spiro atoms. The molecule has 1 atom stereocenters. The zero-order valence-corrected chi connectivity index (χ0v) is 13.8.